The summed E-state index contributed by atoms with van der Waals surface area (Å²) < 4.78 is 0. The number of hydrogen-bond acceptors (Lipinski definition) is 2. The Morgan fingerprint density at radius 1 is 1.24 bits per heavy atom. The van der Waals surface area contributed by atoms with Crippen LogP contribution in [0.2, 0.25) is 0 Å². The van der Waals surface area contributed by atoms with E-state index in [0.717, 1.165) is 12.0 Å². The highest BCUT2D eigenvalue weighted by molar-refractivity contribution is 5.00. The van der Waals surface area contributed by atoms with Gasteiger partial charge in [-0.05, 0) is 37.0 Å². The summed E-state index contributed by atoms with van der Waals surface area (Å²) >= 11 is 0. The second-order valence-corrected chi connectivity index (χ2v) is 7.30. The van der Waals surface area contributed by atoms with Crippen molar-refractivity contribution >= 4 is 0 Å². The lowest BCUT2D eigenvalue weighted by atomic mass is 9.70. The summed E-state index contributed by atoms with van der Waals surface area (Å²) in [5.41, 5.74) is 6.88. The molecule has 100 valence electrons. The lowest BCUT2D eigenvalue weighted by Gasteiger charge is -2.47. The minimum atomic E-state index is 0.326. The van der Waals surface area contributed by atoms with Crippen LogP contribution in [0.3, 0.4) is 0 Å². The molecule has 0 aliphatic heterocycles. The van der Waals surface area contributed by atoms with Crippen LogP contribution < -0.4 is 5.73 Å². The molecule has 17 heavy (non-hydrogen) atoms. The summed E-state index contributed by atoms with van der Waals surface area (Å²) in [6.45, 7) is 10.6. The van der Waals surface area contributed by atoms with E-state index in [9.17, 15) is 0 Å². The van der Waals surface area contributed by atoms with Gasteiger partial charge < -0.3 is 5.73 Å². The van der Waals surface area contributed by atoms with Crippen LogP contribution >= 0.6 is 0 Å². The molecule has 0 aromatic carbocycles. The van der Waals surface area contributed by atoms with Crippen molar-refractivity contribution in [2.24, 2.45) is 17.1 Å². The molecule has 2 N–H and O–H groups in total. The molecule has 2 unspecified atom stereocenters. The normalized spacial score (nSPS) is 33.4. The molecule has 2 saturated carbocycles. The zero-order chi connectivity index (χ0) is 12.6. The second kappa shape index (κ2) is 4.89. The number of hydrogen-bond donors (Lipinski definition) is 1. The first-order valence-corrected chi connectivity index (χ1v) is 7.43. The van der Waals surface area contributed by atoms with Crippen molar-refractivity contribution in [3.05, 3.63) is 0 Å². The number of rotatable bonds is 4. The Kier molecular flexibility index (Phi) is 3.84. The molecule has 2 aliphatic rings. The van der Waals surface area contributed by atoms with E-state index in [-0.39, 0.29) is 0 Å². The Morgan fingerprint density at radius 3 is 2.41 bits per heavy atom. The van der Waals surface area contributed by atoms with Crippen LogP contribution in [0.1, 0.15) is 59.8 Å². The summed E-state index contributed by atoms with van der Waals surface area (Å²) in [4.78, 5) is 2.75. The first-order chi connectivity index (χ1) is 7.92. The highest BCUT2D eigenvalue weighted by Gasteiger charge is 2.43. The van der Waals surface area contributed by atoms with Crippen LogP contribution in [0.25, 0.3) is 0 Å². The minimum Gasteiger partial charge on any atom is -0.326 e. The predicted molar refractivity (Wildman–Crippen MR) is 74.0 cm³/mol. The van der Waals surface area contributed by atoms with Crippen LogP contribution in [0.5, 0.6) is 0 Å². The predicted octanol–water partition coefficient (Wildman–Crippen LogP) is 3.01. The van der Waals surface area contributed by atoms with Crippen LogP contribution in [-0.4, -0.2) is 29.6 Å². The maximum atomic E-state index is 6.56. The minimum absolute atomic E-state index is 0.326. The van der Waals surface area contributed by atoms with Gasteiger partial charge in [-0.1, -0.05) is 34.1 Å². The van der Waals surface area contributed by atoms with Crippen molar-refractivity contribution in [1.29, 1.82) is 0 Å². The molecule has 0 spiro atoms. The van der Waals surface area contributed by atoms with Gasteiger partial charge in [-0.25, -0.2) is 0 Å². The van der Waals surface area contributed by atoms with Gasteiger partial charge in [0.15, 0.2) is 0 Å². The van der Waals surface area contributed by atoms with E-state index < -0.39 is 0 Å². The van der Waals surface area contributed by atoms with Gasteiger partial charge in [-0.3, -0.25) is 4.90 Å². The fraction of sp³-hybridized carbons (Fsp3) is 1.00. The summed E-state index contributed by atoms with van der Waals surface area (Å²) in [7, 11) is 0. The fourth-order valence-corrected chi connectivity index (χ4v) is 3.39. The van der Waals surface area contributed by atoms with E-state index in [2.05, 4.69) is 32.6 Å². The van der Waals surface area contributed by atoms with E-state index >= 15 is 0 Å². The summed E-state index contributed by atoms with van der Waals surface area (Å²) in [6.07, 6.45) is 6.76. The van der Waals surface area contributed by atoms with Gasteiger partial charge in [-0.2, -0.15) is 0 Å². The maximum absolute atomic E-state index is 6.56. The van der Waals surface area contributed by atoms with Crippen LogP contribution in [-0.2, 0) is 0 Å². The molecule has 0 amide bonds. The Labute approximate surface area is 107 Å². The molecule has 0 bridgehead atoms. The van der Waals surface area contributed by atoms with E-state index in [1.807, 2.05) is 0 Å². The molecule has 2 fully saturated rings. The van der Waals surface area contributed by atoms with Gasteiger partial charge >= 0.3 is 0 Å². The monoisotopic (exact) mass is 238 g/mol. The van der Waals surface area contributed by atoms with Crippen molar-refractivity contribution in [1.82, 2.24) is 4.90 Å². The second-order valence-electron chi connectivity index (χ2n) is 7.30. The standard InChI is InChI=1S/C15H30N2/c1-11(2)10-17(12-7-8-12)13-6-5-9-15(3,4)14(13)16/h11-14H,5-10,16H2,1-4H3. The van der Waals surface area contributed by atoms with Gasteiger partial charge in [0.2, 0.25) is 0 Å². The number of nitrogens with zero attached hydrogens (tertiary/aromatic N) is 1. The highest BCUT2D eigenvalue weighted by Crippen LogP contribution is 2.40. The van der Waals surface area contributed by atoms with E-state index in [1.165, 1.54) is 38.6 Å². The summed E-state index contributed by atoms with van der Waals surface area (Å²) in [6, 6.07) is 1.84. The Bertz CT molecular complexity index is 256. The summed E-state index contributed by atoms with van der Waals surface area (Å²) in [5, 5.41) is 0. The van der Waals surface area contributed by atoms with Crippen molar-refractivity contribution in [2.75, 3.05) is 6.54 Å². The molecule has 0 radical (unpaired) electrons. The molecule has 2 rings (SSSR count). The molecule has 2 heteroatoms. The lowest BCUT2D eigenvalue weighted by Crippen LogP contribution is -2.58. The van der Waals surface area contributed by atoms with Gasteiger partial charge in [-0.15, -0.1) is 0 Å². The van der Waals surface area contributed by atoms with Gasteiger partial charge in [0.25, 0.3) is 0 Å². The van der Waals surface area contributed by atoms with Crippen LogP contribution in [0.4, 0.5) is 0 Å². The third kappa shape index (κ3) is 3.03. The Hall–Kier alpha value is -0.0800. The zero-order valence-corrected chi connectivity index (χ0v) is 12.1. The van der Waals surface area contributed by atoms with Crippen molar-refractivity contribution in [3.8, 4) is 0 Å². The average Bonchev–Trinajstić information content (AvgIpc) is 3.02. The first-order valence-electron chi connectivity index (χ1n) is 7.43. The molecule has 0 saturated heterocycles. The lowest BCUT2D eigenvalue weighted by molar-refractivity contribution is 0.0547. The Balaban J connectivity index is 2.06. The van der Waals surface area contributed by atoms with Gasteiger partial charge in [0.05, 0.1) is 0 Å². The molecular formula is C15H30N2. The zero-order valence-electron chi connectivity index (χ0n) is 12.1. The highest BCUT2D eigenvalue weighted by atomic mass is 15.2. The SMILES string of the molecule is CC(C)CN(C1CC1)C1CCCC(C)(C)C1N. The average molecular weight is 238 g/mol. The molecule has 0 aromatic heterocycles. The van der Waals surface area contributed by atoms with Crippen molar-refractivity contribution < 1.29 is 0 Å². The third-order valence-electron chi connectivity index (χ3n) is 4.66. The van der Waals surface area contributed by atoms with Crippen LogP contribution in [0, 0.1) is 11.3 Å². The van der Waals surface area contributed by atoms with E-state index in [4.69, 9.17) is 5.73 Å². The number of nitrogens with two attached hydrogens (primary N) is 1. The van der Waals surface area contributed by atoms with Crippen LogP contribution in [0.15, 0.2) is 0 Å². The summed E-state index contributed by atoms with van der Waals surface area (Å²) in [5.74, 6) is 0.757. The third-order valence-corrected chi connectivity index (χ3v) is 4.66. The molecule has 2 nitrogen and oxygen atoms in total. The molecule has 0 aromatic rings. The Morgan fingerprint density at radius 2 is 1.88 bits per heavy atom. The largest absolute Gasteiger partial charge is 0.326 e. The topological polar surface area (TPSA) is 29.3 Å². The molecule has 2 aliphatic carbocycles. The van der Waals surface area contributed by atoms with Gasteiger partial charge in [0, 0.05) is 24.7 Å². The van der Waals surface area contributed by atoms with E-state index in [1.54, 1.807) is 0 Å². The molecule has 2 atom stereocenters. The van der Waals surface area contributed by atoms with Crippen molar-refractivity contribution in [2.45, 2.75) is 77.9 Å². The van der Waals surface area contributed by atoms with Crippen molar-refractivity contribution in [3.63, 3.8) is 0 Å². The first kappa shape index (κ1) is 13.4. The maximum Gasteiger partial charge on any atom is 0.0255 e. The van der Waals surface area contributed by atoms with E-state index in [0.29, 0.717) is 17.5 Å². The van der Waals surface area contributed by atoms with Gasteiger partial charge in [0.1, 0.15) is 0 Å². The quantitative estimate of drug-likeness (QED) is 0.816. The molecule has 0 heterocycles. The fourth-order valence-electron chi connectivity index (χ4n) is 3.39. The molecular weight excluding hydrogens is 208 g/mol. The smallest absolute Gasteiger partial charge is 0.0255 e.